The molecule has 1 rings (SSSR count). The van der Waals surface area contributed by atoms with Gasteiger partial charge in [0, 0.05) is 6.61 Å². The quantitative estimate of drug-likeness (QED) is 0.675. The summed E-state index contributed by atoms with van der Waals surface area (Å²) < 4.78 is 42.2. The third kappa shape index (κ3) is 5.22. The fraction of sp³-hybridized carbons (Fsp3) is 0.538. The van der Waals surface area contributed by atoms with Gasteiger partial charge in [0.2, 0.25) is 0 Å². The van der Waals surface area contributed by atoms with Crippen molar-refractivity contribution in [2.24, 2.45) is 0 Å². The number of hydrogen-bond donors (Lipinski definition) is 0. The minimum absolute atomic E-state index is 0.377. The van der Waals surface area contributed by atoms with Crippen LogP contribution in [0.25, 0.3) is 0 Å². The first-order valence-electron chi connectivity index (χ1n) is 5.78. The molecular formula is C13H17F3O. The van der Waals surface area contributed by atoms with Crippen LogP contribution in [0.3, 0.4) is 0 Å². The highest BCUT2D eigenvalue weighted by molar-refractivity contribution is 5.24. The Morgan fingerprint density at radius 1 is 1.06 bits per heavy atom. The minimum atomic E-state index is -4.26. The van der Waals surface area contributed by atoms with E-state index in [9.17, 15) is 13.2 Å². The van der Waals surface area contributed by atoms with Gasteiger partial charge in [0.15, 0.2) is 0 Å². The summed E-state index contributed by atoms with van der Waals surface area (Å²) in [4.78, 5) is 0. The lowest BCUT2D eigenvalue weighted by Crippen LogP contribution is -2.04. The lowest BCUT2D eigenvalue weighted by atomic mass is 10.1. The van der Waals surface area contributed by atoms with Gasteiger partial charge in [-0.25, -0.2) is 0 Å². The molecule has 0 amide bonds. The fourth-order valence-electron chi connectivity index (χ4n) is 1.43. The first kappa shape index (κ1) is 14.0. The van der Waals surface area contributed by atoms with Crippen molar-refractivity contribution < 1.29 is 17.9 Å². The van der Waals surface area contributed by atoms with Gasteiger partial charge in [0.25, 0.3) is 0 Å². The maximum absolute atomic E-state index is 12.3. The summed E-state index contributed by atoms with van der Waals surface area (Å²) >= 11 is 0. The molecule has 0 aliphatic heterocycles. The Hall–Kier alpha value is -1.03. The predicted octanol–water partition coefficient (Wildman–Crippen LogP) is 4.41. The van der Waals surface area contributed by atoms with Crippen LogP contribution in [0.15, 0.2) is 24.3 Å². The predicted molar refractivity (Wildman–Crippen MR) is 60.6 cm³/mol. The second-order valence-corrected chi connectivity index (χ2v) is 3.95. The van der Waals surface area contributed by atoms with Gasteiger partial charge >= 0.3 is 6.18 Å². The third-order valence-electron chi connectivity index (χ3n) is 2.44. The smallest absolute Gasteiger partial charge is 0.377 e. The van der Waals surface area contributed by atoms with E-state index >= 15 is 0 Å². The van der Waals surface area contributed by atoms with Crippen molar-refractivity contribution >= 4 is 0 Å². The van der Waals surface area contributed by atoms with Crippen LogP contribution >= 0.6 is 0 Å². The second-order valence-electron chi connectivity index (χ2n) is 3.95. The van der Waals surface area contributed by atoms with Crippen LogP contribution in [0.2, 0.25) is 0 Å². The highest BCUT2D eigenvalue weighted by Crippen LogP contribution is 2.29. The zero-order valence-corrected chi connectivity index (χ0v) is 9.89. The average Bonchev–Trinajstić information content (AvgIpc) is 2.28. The zero-order chi connectivity index (χ0) is 12.7. The standard InChI is InChI=1S/C13H17F3O/c1-2-3-4-9-17-10-11-5-7-12(8-6-11)13(14,15)16/h5-8H,2-4,9-10H2,1H3. The summed E-state index contributed by atoms with van der Waals surface area (Å²) in [6.45, 7) is 3.15. The normalized spacial score (nSPS) is 11.8. The molecule has 0 radical (unpaired) electrons. The zero-order valence-electron chi connectivity index (χ0n) is 9.89. The molecule has 1 aromatic carbocycles. The fourth-order valence-corrected chi connectivity index (χ4v) is 1.43. The highest BCUT2D eigenvalue weighted by Gasteiger charge is 2.29. The van der Waals surface area contributed by atoms with Crippen molar-refractivity contribution in [1.82, 2.24) is 0 Å². The van der Waals surface area contributed by atoms with E-state index in [0.29, 0.717) is 13.2 Å². The summed E-state index contributed by atoms with van der Waals surface area (Å²) in [6, 6.07) is 5.10. The largest absolute Gasteiger partial charge is 0.416 e. The number of ether oxygens (including phenoxy) is 1. The van der Waals surface area contributed by atoms with Gasteiger partial charge in [-0.3, -0.25) is 0 Å². The summed E-state index contributed by atoms with van der Waals surface area (Å²) in [6.07, 6.45) is -1.02. The van der Waals surface area contributed by atoms with E-state index in [-0.39, 0.29) is 0 Å². The van der Waals surface area contributed by atoms with Crippen LogP contribution in [-0.4, -0.2) is 6.61 Å². The van der Waals surface area contributed by atoms with Crippen molar-refractivity contribution in [3.05, 3.63) is 35.4 Å². The first-order valence-corrected chi connectivity index (χ1v) is 5.78. The topological polar surface area (TPSA) is 9.23 Å². The van der Waals surface area contributed by atoms with E-state index in [0.717, 1.165) is 37.0 Å². The van der Waals surface area contributed by atoms with Gasteiger partial charge in [0.05, 0.1) is 12.2 Å². The summed E-state index contributed by atoms with van der Waals surface area (Å²) in [5.41, 5.74) is 0.154. The van der Waals surface area contributed by atoms with Gasteiger partial charge < -0.3 is 4.74 Å². The molecule has 0 atom stereocenters. The molecule has 0 aromatic heterocycles. The van der Waals surface area contributed by atoms with Crippen LogP contribution in [0.4, 0.5) is 13.2 Å². The number of alkyl halides is 3. The van der Waals surface area contributed by atoms with E-state index in [4.69, 9.17) is 4.74 Å². The Morgan fingerprint density at radius 2 is 1.71 bits per heavy atom. The molecular weight excluding hydrogens is 229 g/mol. The minimum Gasteiger partial charge on any atom is -0.377 e. The molecule has 4 heteroatoms. The van der Waals surface area contributed by atoms with E-state index in [1.54, 1.807) is 0 Å². The number of rotatable bonds is 6. The Bertz CT molecular complexity index is 316. The van der Waals surface area contributed by atoms with Gasteiger partial charge in [-0.2, -0.15) is 13.2 Å². The highest BCUT2D eigenvalue weighted by atomic mass is 19.4. The van der Waals surface area contributed by atoms with Crippen molar-refractivity contribution in [3.63, 3.8) is 0 Å². The molecule has 0 aliphatic rings. The first-order chi connectivity index (χ1) is 8.04. The van der Waals surface area contributed by atoms with Gasteiger partial charge in [0.1, 0.15) is 0 Å². The Morgan fingerprint density at radius 3 is 2.24 bits per heavy atom. The van der Waals surface area contributed by atoms with Crippen molar-refractivity contribution in [2.45, 2.75) is 39.0 Å². The molecule has 0 unspecified atom stereocenters. The molecule has 96 valence electrons. The Labute approximate surface area is 99.6 Å². The van der Waals surface area contributed by atoms with E-state index < -0.39 is 11.7 Å². The molecule has 0 spiro atoms. The van der Waals surface area contributed by atoms with E-state index in [1.165, 1.54) is 12.1 Å². The van der Waals surface area contributed by atoms with Crippen LogP contribution in [-0.2, 0) is 17.5 Å². The number of unbranched alkanes of at least 4 members (excludes halogenated alkanes) is 2. The van der Waals surface area contributed by atoms with Crippen molar-refractivity contribution in [2.75, 3.05) is 6.61 Å². The van der Waals surface area contributed by atoms with Crippen LogP contribution in [0, 0.1) is 0 Å². The summed E-state index contributed by atoms with van der Waals surface area (Å²) in [5, 5.41) is 0. The molecule has 1 aromatic rings. The van der Waals surface area contributed by atoms with Crippen LogP contribution in [0.5, 0.6) is 0 Å². The molecule has 0 saturated carbocycles. The molecule has 0 saturated heterocycles. The van der Waals surface area contributed by atoms with E-state index in [1.807, 2.05) is 0 Å². The summed E-state index contributed by atoms with van der Waals surface area (Å²) in [5.74, 6) is 0. The third-order valence-corrected chi connectivity index (χ3v) is 2.44. The lowest BCUT2D eigenvalue weighted by molar-refractivity contribution is -0.137. The molecule has 1 nitrogen and oxygen atoms in total. The van der Waals surface area contributed by atoms with Gasteiger partial charge in [-0.05, 0) is 24.1 Å². The van der Waals surface area contributed by atoms with Crippen LogP contribution in [0.1, 0.15) is 37.3 Å². The molecule has 0 N–H and O–H groups in total. The summed E-state index contributed by atoms with van der Waals surface area (Å²) in [7, 11) is 0. The maximum Gasteiger partial charge on any atom is 0.416 e. The van der Waals surface area contributed by atoms with Crippen molar-refractivity contribution in [3.8, 4) is 0 Å². The molecule has 0 aliphatic carbocycles. The average molecular weight is 246 g/mol. The van der Waals surface area contributed by atoms with Crippen LogP contribution < -0.4 is 0 Å². The molecule has 17 heavy (non-hydrogen) atoms. The van der Waals surface area contributed by atoms with Gasteiger partial charge in [-0.1, -0.05) is 31.9 Å². The number of hydrogen-bond acceptors (Lipinski definition) is 1. The number of halogens is 3. The monoisotopic (exact) mass is 246 g/mol. The molecule has 0 fully saturated rings. The Balaban J connectivity index is 2.36. The lowest BCUT2D eigenvalue weighted by Gasteiger charge is -2.08. The molecule has 0 bridgehead atoms. The van der Waals surface area contributed by atoms with Gasteiger partial charge in [-0.15, -0.1) is 0 Å². The SMILES string of the molecule is CCCCCOCc1ccc(C(F)(F)F)cc1. The Kier molecular flexibility index (Phi) is 5.48. The van der Waals surface area contributed by atoms with Crippen molar-refractivity contribution in [1.29, 1.82) is 0 Å². The number of benzene rings is 1. The maximum atomic E-state index is 12.3. The second kappa shape index (κ2) is 6.64. The van der Waals surface area contributed by atoms with E-state index in [2.05, 4.69) is 6.92 Å². The molecule has 0 heterocycles.